The number of ether oxygens (including phenoxy) is 1. The first-order valence-corrected chi connectivity index (χ1v) is 6.89. The zero-order valence-electron chi connectivity index (χ0n) is 13.2. The fourth-order valence-electron chi connectivity index (χ4n) is 1.80. The first-order valence-electron chi connectivity index (χ1n) is 6.89. The number of hydrogen-bond donors (Lipinski definition) is 3. The Bertz CT molecular complexity index is 593. The van der Waals surface area contributed by atoms with Gasteiger partial charge in [0.15, 0.2) is 6.10 Å². The molecular weight excluding hydrogens is 331 g/mol. The van der Waals surface area contributed by atoms with Crippen molar-refractivity contribution in [3.05, 3.63) is 35.4 Å². The monoisotopic (exact) mass is 349 g/mol. The second-order valence-electron chi connectivity index (χ2n) is 6.03. The Balaban J connectivity index is 3.06. The van der Waals surface area contributed by atoms with E-state index in [1.807, 2.05) is 0 Å². The average molecular weight is 349 g/mol. The molecule has 0 radical (unpaired) electrons. The van der Waals surface area contributed by atoms with Crippen molar-refractivity contribution in [3.63, 3.8) is 0 Å². The van der Waals surface area contributed by atoms with E-state index >= 15 is 0 Å². The van der Waals surface area contributed by atoms with Crippen LogP contribution in [0.3, 0.4) is 0 Å². The number of aliphatic hydroxyl groups is 1. The van der Waals surface area contributed by atoms with E-state index in [2.05, 4.69) is 5.32 Å². The Labute approximate surface area is 136 Å². The number of benzene rings is 1. The Morgan fingerprint density at radius 3 is 2.00 bits per heavy atom. The number of aliphatic hydroxyl groups excluding tert-OH is 1. The van der Waals surface area contributed by atoms with Crippen LogP contribution in [0.25, 0.3) is 0 Å². The maximum atomic E-state index is 12.6. The molecule has 1 rings (SSSR count). The van der Waals surface area contributed by atoms with Gasteiger partial charge in [-0.3, -0.25) is 0 Å². The highest BCUT2D eigenvalue weighted by Gasteiger charge is 2.33. The number of halogens is 3. The summed E-state index contributed by atoms with van der Waals surface area (Å²) < 4.78 is 42.7. The molecule has 0 saturated heterocycles. The Morgan fingerprint density at radius 2 is 1.62 bits per heavy atom. The number of amides is 1. The van der Waals surface area contributed by atoms with Crippen LogP contribution >= 0.6 is 0 Å². The number of carbonyl (C=O) groups is 2. The number of aliphatic carboxylic acids is 1. The summed E-state index contributed by atoms with van der Waals surface area (Å²) in [7, 11) is 0. The Morgan fingerprint density at radius 1 is 1.12 bits per heavy atom. The lowest BCUT2D eigenvalue weighted by Gasteiger charge is -2.25. The molecule has 1 aromatic rings. The van der Waals surface area contributed by atoms with Gasteiger partial charge >= 0.3 is 18.2 Å². The Hall–Kier alpha value is -2.29. The molecule has 0 bridgehead atoms. The highest BCUT2D eigenvalue weighted by Crippen LogP contribution is 2.30. The summed E-state index contributed by atoms with van der Waals surface area (Å²) >= 11 is 0. The first kappa shape index (κ1) is 19.8. The van der Waals surface area contributed by atoms with Crippen LogP contribution in [-0.2, 0) is 15.7 Å². The molecule has 0 spiro atoms. The third-order valence-electron chi connectivity index (χ3n) is 2.84. The van der Waals surface area contributed by atoms with Crippen LogP contribution in [0.4, 0.5) is 18.0 Å². The minimum Gasteiger partial charge on any atom is -0.479 e. The van der Waals surface area contributed by atoms with E-state index in [4.69, 9.17) is 9.84 Å². The highest BCUT2D eigenvalue weighted by molar-refractivity contribution is 5.75. The smallest absolute Gasteiger partial charge is 0.416 e. The van der Waals surface area contributed by atoms with Gasteiger partial charge in [0.2, 0.25) is 0 Å². The number of hydrogen-bond acceptors (Lipinski definition) is 4. The van der Waals surface area contributed by atoms with Gasteiger partial charge in [-0.15, -0.1) is 0 Å². The summed E-state index contributed by atoms with van der Waals surface area (Å²) in [5.41, 5.74) is -1.82. The van der Waals surface area contributed by atoms with E-state index in [9.17, 15) is 27.9 Å². The van der Waals surface area contributed by atoms with Gasteiger partial charge in [-0.2, -0.15) is 13.2 Å². The molecular formula is C15H18F3NO5. The number of rotatable bonds is 4. The molecule has 134 valence electrons. The SMILES string of the molecule is CC(C)(C)OC(=O)N[C@H](c1ccc(C(F)(F)F)cc1)[C@@H](O)C(=O)O. The molecule has 0 aromatic heterocycles. The standard InChI is InChI=1S/C15H18F3NO5/c1-14(2,3)24-13(23)19-10(11(20)12(21)22)8-4-6-9(7-5-8)15(16,17)18/h4-7,10-11,20H,1-3H3,(H,19,23)(H,21,22)/t10-,11-/m1/s1. The van der Waals surface area contributed by atoms with Crippen molar-refractivity contribution in [1.29, 1.82) is 0 Å². The minimum absolute atomic E-state index is 0.0104. The van der Waals surface area contributed by atoms with Crippen LogP contribution in [-0.4, -0.2) is 34.0 Å². The van der Waals surface area contributed by atoms with Gasteiger partial charge in [-0.25, -0.2) is 9.59 Å². The fourth-order valence-corrected chi connectivity index (χ4v) is 1.80. The maximum absolute atomic E-state index is 12.6. The summed E-state index contributed by atoms with van der Waals surface area (Å²) in [6.45, 7) is 4.73. The van der Waals surface area contributed by atoms with Crippen LogP contribution < -0.4 is 5.32 Å². The molecule has 1 aromatic carbocycles. The molecule has 0 heterocycles. The molecule has 0 aliphatic heterocycles. The molecule has 0 unspecified atom stereocenters. The van der Waals surface area contributed by atoms with E-state index in [0.29, 0.717) is 0 Å². The van der Waals surface area contributed by atoms with Crippen LogP contribution in [0, 0.1) is 0 Å². The molecule has 0 aliphatic rings. The molecule has 9 heteroatoms. The van der Waals surface area contributed by atoms with Crippen LogP contribution in [0.15, 0.2) is 24.3 Å². The lowest BCUT2D eigenvalue weighted by Crippen LogP contribution is -2.42. The van der Waals surface area contributed by atoms with E-state index in [1.165, 1.54) is 0 Å². The maximum Gasteiger partial charge on any atom is 0.416 e. The van der Waals surface area contributed by atoms with Crippen molar-refractivity contribution in [3.8, 4) is 0 Å². The van der Waals surface area contributed by atoms with E-state index in [1.54, 1.807) is 20.8 Å². The zero-order valence-corrected chi connectivity index (χ0v) is 13.2. The number of carbonyl (C=O) groups excluding carboxylic acids is 1. The van der Waals surface area contributed by atoms with E-state index in [-0.39, 0.29) is 5.56 Å². The van der Waals surface area contributed by atoms with Gasteiger partial charge in [0.05, 0.1) is 11.6 Å². The normalized spacial score (nSPS) is 14.6. The summed E-state index contributed by atoms with van der Waals surface area (Å²) in [5, 5.41) is 20.8. The summed E-state index contributed by atoms with van der Waals surface area (Å²) in [5.74, 6) is -1.64. The van der Waals surface area contributed by atoms with Crippen LogP contribution in [0.5, 0.6) is 0 Å². The van der Waals surface area contributed by atoms with Gasteiger partial charge in [-0.05, 0) is 38.5 Å². The quantitative estimate of drug-likeness (QED) is 0.777. The number of alkyl halides is 3. The van der Waals surface area contributed by atoms with Gasteiger partial charge < -0.3 is 20.3 Å². The molecule has 24 heavy (non-hydrogen) atoms. The number of nitrogens with one attached hydrogen (secondary N) is 1. The lowest BCUT2D eigenvalue weighted by atomic mass is 10.00. The highest BCUT2D eigenvalue weighted by atomic mass is 19.4. The van der Waals surface area contributed by atoms with Crippen molar-refractivity contribution in [2.45, 2.75) is 44.7 Å². The zero-order chi connectivity index (χ0) is 18.7. The molecule has 2 atom stereocenters. The van der Waals surface area contributed by atoms with Gasteiger partial charge in [-0.1, -0.05) is 12.1 Å². The molecule has 6 nitrogen and oxygen atoms in total. The summed E-state index contributed by atoms with van der Waals surface area (Å²) in [4.78, 5) is 22.8. The minimum atomic E-state index is -4.56. The second-order valence-corrected chi connectivity index (χ2v) is 6.03. The van der Waals surface area contributed by atoms with E-state index < -0.39 is 41.5 Å². The predicted molar refractivity (Wildman–Crippen MR) is 77.2 cm³/mol. The number of alkyl carbamates (subject to hydrolysis) is 1. The van der Waals surface area contributed by atoms with Gasteiger partial charge in [0, 0.05) is 0 Å². The second kappa shape index (κ2) is 7.08. The summed E-state index contributed by atoms with van der Waals surface area (Å²) in [6.07, 6.45) is -7.63. The lowest BCUT2D eigenvalue weighted by molar-refractivity contribution is -0.148. The third kappa shape index (κ3) is 5.73. The fraction of sp³-hybridized carbons (Fsp3) is 0.467. The molecule has 0 aliphatic carbocycles. The van der Waals surface area contributed by atoms with Crippen molar-refractivity contribution < 1.29 is 37.7 Å². The third-order valence-corrected chi connectivity index (χ3v) is 2.84. The molecule has 0 saturated carbocycles. The van der Waals surface area contributed by atoms with Crippen LogP contribution in [0.2, 0.25) is 0 Å². The first-order chi connectivity index (χ1) is 10.8. The number of carboxylic acid groups (broad SMARTS) is 1. The van der Waals surface area contributed by atoms with Gasteiger partial charge in [0.25, 0.3) is 0 Å². The topological polar surface area (TPSA) is 95.9 Å². The predicted octanol–water partition coefficient (Wildman–Crippen LogP) is 2.72. The summed E-state index contributed by atoms with van der Waals surface area (Å²) in [6, 6.07) is 1.95. The van der Waals surface area contributed by atoms with Crippen LogP contribution in [0.1, 0.15) is 37.9 Å². The van der Waals surface area contributed by atoms with Crippen molar-refractivity contribution in [2.24, 2.45) is 0 Å². The number of carboxylic acids is 1. The Kier molecular flexibility index (Phi) is 5.83. The van der Waals surface area contributed by atoms with Gasteiger partial charge in [0.1, 0.15) is 5.60 Å². The largest absolute Gasteiger partial charge is 0.479 e. The molecule has 0 fully saturated rings. The average Bonchev–Trinajstić information content (AvgIpc) is 2.41. The van der Waals surface area contributed by atoms with Crippen molar-refractivity contribution in [1.82, 2.24) is 5.32 Å². The molecule has 3 N–H and O–H groups in total. The van der Waals surface area contributed by atoms with E-state index in [0.717, 1.165) is 24.3 Å². The van der Waals surface area contributed by atoms with Crippen molar-refractivity contribution in [2.75, 3.05) is 0 Å². The molecule has 1 amide bonds. The van der Waals surface area contributed by atoms with Crippen molar-refractivity contribution >= 4 is 12.1 Å².